The summed E-state index contributed by atoms with van der Waals surface area (Å²) in [5.74, 6) is 0.842. The first-order valence-electron chi connectivity index (χ1n) is 5.97. The van der Waals surface area contributed by atoms with Gasteiger partial charge in [0.25, 0.3) is 0 Å². The smallest absolute Gasteiger partial charge is 0.133 e. The lowest BCUT2D eigenvalue weighted by Gasteiger charge is -2.09. The molecule has 2 rings (SSSR count). The van der Waals surface area contributed by atoms with Crippen molar-refractivity contribution < 1.29 is 4.74 Å². The average Bonchev–Trinajstić information content (AvgIpc) is 2.41. The van der Waals surface area contributed by atoms with E-state index in [1.54, 1.807) is 7.11 Å². The molecule has 0 aliphatic heterocycles. The minimum absolute atomic E-state index is 0.753. The van der Waals surface area contributed by atoms with Gasteiger partial charge in [0.1, 0.15) is 5.75 Å². The molecule has 0 heterocycles. The minimum Gasteiger partial charge on any atom is -0.496 e. The van der Waals surface area contributed by atoms with Crippen LogP contribution in [-0.4, -0.2) is 7.11 Å². The molecule has 0 aliphatic rings. The van der Waals surface area contributed by atoms with Crippen LogP contribution in [0.25, 0.3) is 0 Å². The van der Waals surface area contributed by atoms with E-state index in [1.165, 1.54) is 5.56 Å². The maximum Gasteiger partial charge on any atom is 0.133 e. The molecule has 2 nitrogen and oxygen atoms in total. The van der Waals surface area contributed by atoms with Crippen LogP contribution in [0.2, 0.25) is 5.02 Å². The van der Waals surface area contributed by atoms with Gasteiger partial charge in [0.15, 0.2) is 0 Å². The van der Waals surface area contributed by atoms with Crippen LogP contribution in [-0.2, 0) is 13.1 Å². The van der Waals surface area contributed by atoms with Gasteiger partial charge in [-0.1, -0.05) is 35.9 Å². The molecule has 2 aromatic rings. The highest BCUT2D eigenvalue weighted by Crippen LogP contribution is 2.25. The second-order valence-corrected chi connectivity index (χ2v) is 5.43. The molecule has 0 aromatic heterocycles. The van der Waals surface area contributed by atoms with Gasteiger partial charge in [-0.15, -0.1) is 0 Å². The quantitative estimate of drug-likeness (QED) is 0.871. The number of methoxy groups -OCH3 is 1. The summed E-state index contributed by atoms with van der Waals surface area (Å²) in [5.41, 5.74) is 2.30. The maximum atomic E-state index is 6.11. The molecule has 0 amide bonds. The molecule has 100 valence electrons. The van der Waals surface area contributed by atoms with Gasteiger partial charge in [-0.2, -0.15) is 0 Å². The predicted molar refractivity (Wildman–Crippen MR) is 82.7 cm³/mol. The second kappa shape index (κ2) is 6.94. The molecule has 0 atom stereocenters. The molecule has 0 aliphatic carbocycles. The van der Waals surface area contributed by atoms with Gasteiger partial charge in [-0.3, -0.25) is 0 Å². The lowest BCUT2D eigenvalue weighted by molar-refractivity contribution is 0.412. The molecular weight excluding hydrogens is 326 g/mol. The molecule has 0 saturated carbocycles. The molecule has 0 saturated heterocycles. The third kappa shape index (κ3) is 3.96. The summed E-state index contributed by atoms with van der Waals surface area (Å²) in [6.45, 7) is 1.54. The van der Waals surface area contributed by atoms with E-state index >= 15 is 0 Å². The predicted octanol–water partition coefficient (Wildman–Crippen LogP) is 4.40. The number of rotatable bonds is 5. The van der Waals surface area contributed by atoms with Crippen molar-refractivity contribution in [1.82, 2.24) is 5.32 Å². The number of benzene rings is 2. The van der Waals surface area contributed by atoms with Crippen molar-refractivity contribution in [3.8, 4) is 5.75 Å². The Morgan fingerprint density at radius 3 is 2.63 bits per heavy atom. The zero-order chi connectivity index (χ0) is 13.7. The van der Waals surface area contributed by atoms with Gasteiger partial charge in [-0.25, -0.2) is 0 Å². The summed E-state index contributed by atoms with van der Waals surface area (Å²) in [4.78, 5) is 0. The van der Waals surface area contributed by atoms with Gasteiger partial charge in [0, 0.05) is 18.1 Å². The number of hydrogen-bond donors (Lipinski definition) is 1. The molecule has 2 aromatic carbocycles. The van der Waals surface area contributed by atoms with Crippen LogP contribution in [0.3, 0.4) is 0 Å². The van der Waals surface area contributed by atoms with E-state index in [1.807, 2.05) is 36.4 Å². The lowest BCUT2D eigenvalue weighted by atomic mass is 10.2. The third-order valence-electron chi connectivity index (χ3n) is 2.82. The summed E-state index contributed by atoms with van der Waals surface area (Å²) >= 11 is 9.59. The van der Waals surface area contributed by atoms with Crippen molar-refractivity contribution in [3.05, 3.63) is 63.1 Å². The van der Waals surface area contributed by atoms with E-state index in [2.05, 4.69) is 27.3 Å². The number of halogens is 2. The average molecular weight is 341 g/mol. The van der Waals surface area contributed by atoms with Crippen molar-refractivity contribution in [3.63, 3.8) is 0 Å². The van der Waals surface area contributed by atoms with Gasteiger partial charge < -0.3 is 10.1 Å². The van der Waals surface area contributed by atoms with E-state index in [-0.39, 0.29) is 0 Å². The van der Waals surface area contributed by atoms with Crippen LogP contribution in [0.4, 0.5) is 0 Å². The fourth-order valence-corrected chi connectivity index (χ4v) is 2.59. The molecule has 0 fully saturated rings. The molecular formula is C15H15BrClNO. The zero-order valence-corrected chi connectivity index (χ0v) is 13.0. The number of nitrogens with one attached hydrogen (secondary N) is 1. The largest absolute Gasteiger partial charge is 0.496 e. The number of hydrogen-bond acceptors (Lipinski definition) is 2. The van der Waals surface area contributed by atoms with Crippen LogP contribution in [0.5, 0.6) is 5.75 Å². The van der Waals surface area contributed by atoms with E-state index in [9.17, 15) is 0 Å². The van der Waals surface area contributed by atoms with Gasteiger partial charge >= 0.3 is 0 Å². The highest BCUT2D eigenvalue weighted by atomic mass is 79.9. The normalized spacial score (nSPS) is 10.5. The highest BCUT2D eigenvalue weighted by Gasteiger charge is 2.02. The summed E-state index contributed by atoms with van der Waals surface area (Å²) in [6, 6.07) is 13.9. The van der Waals surface area contributed by atoms with Crippen molar-refractivity contribution in [2.75, 3.05) is 7.11 Å². The Hall–Kier alpha value is -1.03. The Morgan fingerprint density at radius 2 is 1.95 bits per heavy atom. The van der Waals surface area contributed by atoms with Gasteiger partial charge in [0.05, 0.1) is 11.6 Å². The Morgan fingerprint density at radius 1 is 1.16 bits per heavy atom. The fraction of sp³-hybridized carbons (Fsp3) is 0.200. The Kier molecular flexibility index (Phi) is 5.25. The molecule has 4 heteroatoms. The summed E-state index contributed by atoms with van der Waals surface area (Å²) in [7, 11) is 1.66. The van der Waals surface area contributed by atoms with Crippen LogP contribution >= 0.6 is 27.5 Å². The maximum absolute atomic E-state index is 6.11. The number of ether oxygens (including phenoxy) is 1. The van der Waals surface area contributed by atoms with Crippen LogP contribution in [0.1, 0.15) is 11.1 Å². The Balaban J connectivity index is 1.93. The van der Waals surface area contributed by atoms with Crippen molar-refractivity contribution in [2.24, 2.45) is 0 Å². The van der Waals surface area contributed by atoms with E-state index in [4.69, 9.17) is 16.3 Å². The molecule has 0 unspecified atom stereocenters. The van der Waals surface area contributed by atoms with Crippen LogP contribution < -0.4 is 10.1 Å². The molecule has 0 bridgehead atoms. The SMILES string of the molecule is COc1ccc(CNCc2ccccc2Cl)cc1Br. The third-order valence-corrected chi connectivity index (χ3v) is 3.81. The molecule has 19 heavy (non-hydrogen) atoms. The van der Waals surface area contributed by atoms with Crippen LogP contribution in [0.15, 0.2) is 46.9 Å². The molecule has 0 spiro atoms. The monoisotopic (exact) mass is 339 g/mol. The van der Waals surface area contributed by atoms with E-state index < -0.39 is 0 Å². The Bertz CT molecular complexity index is 560. The van der Waals surface area contributed by atoms with E-state index in [0.717, 1.165) is 33.9 Å². The minimum atomic E-state index is 0.753. The summed E-state index contributed by atoms with van der Waals surface area (Å²) < 4.78 is 6.17. The summed E-state index contributed by atoms with van der Waals surface area (Å²) in [6.07, 6.45) is 0. The zero-order valence-electron chi connectivity index (χ0n) is 10.6. The lowest BCUT2D eigenvalue weighted by Crippen LogP contribution is -2.12. The second-order valence-electron chi connectivity index (χ2n) is 4.16. The van der Waals surface area contributed by atoms with Crippen molar-refractivity contribution >= 4 is 27.5 Å². The first-order chi connectivity index (χ1) is 9.20. The van der Waals surface area contributed by atoms with Crippen molar-refractivity contribution in [2.45, 2.75) is 13.1 Å². The highest BCUT2D eigenvalue weighted by molar-refractivity contribution is 9.10. The van der Waals surface area contributed by atoms with Crippen LogP contribution in [0, 0.1) is 0 Å². The van der Waals surface area contributed by atoms with Gasteiger partial charge in [0.2, 0.25) is 0 Å². The molecule has 1 N–H and O–H groups in total. The fourth-order valence-electron chi connectivity index (χ4n) is 1.80. The van der Waals surface area contributed by atoms with Gasteiger partial charge in [-0.05, 0) is 45.3 Å². The first-order valence-corrected chi connectivity index (χ1v) is 7.14. The first kappa shape index (κ1) is 14.4. The standard InChI is InChI=1S/C15H15BrClNO/c1-19-15-7-6-11(8-13(15)16)9-18-10-12-4-2-3-5-14(12)17/h2-8,18H,9-10H2,1H3. The van der Waals surface area contributed by atoms with Crippen molar-refractivity contribution in [1.29, 1.82) is 0 Å². The van der Waals surface area contributed by atoms with E-state index in [0.29, 0.717) is 0 Å². The Labute approximate surface area is 126 Å². The summed E-state index contributed by atoms with van der Waals surface area (Å²) in [5, 5.41) is 4.17. The molecule has 0 radical (unpaired) electrons. The topological polar surface area (TPSA) is 21.3 Å².